The second kappa shape index (κ2) is 5.77. The van der Waals surface area contributed by atoms with Crippen molar-refractivity contribution in [3.63, 3.8) is 0 Å². The van der Waals surface area contributed by atoms with Crippen molar-refractivity contribution in [2.24, 2.45) is 0 Å². The minimum absolute atomic E-state index is 0.0251. The lowest BCUT2D eigenvalue weighted by Crippen LogP contribution is -2.37. The zero-order valence-electron chi connectivity index (χ0n) is 11.1. The molecule has 2 heterocycles. The first-order valence-electron chi connectivity index (χ1n) is 6.53. The van der Waals surface area contributed by atoms with Gasteiger partial charge in [-0.25, -0.2) is 13.8 Å². The molecule has 1 aliphatic rings. The summed E-state index contributed by atoms with van der Waals surface area (Å²) >= 11 is 1.35. The molecule has 1 aliphatic heterocycles. The number of anilines is 1. The fourth-order valence-corrected chi connectivity index (χ4v) is 2.99. The third-order valence-corrected chi connectivity index (χ3v) is 4.03. The van der Waals surface area contributed by atoms with Gasteiger partial charge in [-0.15, -0.1) is 11.3 Å². The lowest BCUT2D eigenvalue weighted by atomic mass is 10.2. The van der Waals surface area contributed by atoms with Crippen molar-refractivity contribution in [1.29, 1.82) is 0 Å². The van der Waals surface area contributed by atoms with Gasteiger partial charge in [-0.1, -0.05) is 6.07 Å². The summed E-state index contributed by atoms with van der Waals surface area (Å²) in [4.78, 5) is 17.5. The Kier molecular flexibility index (Phi) is 3.83. The fraction of sp³-hybridized carbons (Fsp3) is 0.286. The Hall–Kier alpha value is -2.02. The Morgan fingerprint density at radius 3 is 2.81 bits per heavy atom. The average molecular weight is 309 g/mol. The molecule has 3 rings (SSSR count). The van der Waals surface area contributed by atoms with Crippen molar-refractivity contribution in [3.05, 3.63) is 46.4 Å². The van der Waals surface area contributed by atoms with Crippen molar-refractivity contribution in [2.45, 2.75) is 12.5 Å². The number of rotatable bonds is 3. The number of halogens is 2. The summed E-state index contributed by atoms with van der Waals surface area (Å²) in [6.07, 6.45) is 0.643. The summed E-state index contributed by atoms with van der Waals surface area (Å²) in [5.41, 5.74) is 1.93. The zero-order valence-corrected chi connectivity index (χ0v) is 11.9. The highest BCUT2D eigenvalue weighted by molar-refractivity contribution is 7.07. The van der Waals surface area contributed by atoms with Crippen molar-refractivity contribution < 1.29 is 13.6 Å². The number of hydrogen-bond acceptors (Lipinski definition) is 4. The number of nitrogens with zero attached hydrogens (tertiary/aromatic N) is 2. The molecule has 1 aromatic carbocycles. The second-order valence-electron chi connectivity index (χ2n) is 4.85. The van der Waals surface area contributed by atoms with E-state index in [1.54, 1.807) is 15.8 Å². The minimum atomic E-state index is -0.582. The van der Waals surface area contributed by atoms with Gasteiger partial charge in [0.05, 0.1) is 5.51 Å². The summed E-state index contributed by atoms with van der Waals surface area (Å²) in [6, 6.07) is 3.67. The molecule has 1 N–H and O–H groups in total. The molecule has 1 atom stereocenters. The van der Waals surface area contributed by atoms with E-state index in [1.807, 2.05) is 0 Å². The third kappa shape index (κ3) is 2.87. The van der Waals surface area contributed by atoms with E-state index in [0.717, 1.165) is 0 Å². The van der Waals surface area contributed by atoms with Crippen LogP contribution in [-0.4, -0.2) is 30.0 Å². The summed E-state index contributed by atoms with van der Waals surface area (Å²) in [5, 5.41) is 4.50. The molecule has 1 fully saturated rings. The molecular formula is C14H13F2N3OS. The number of benzene rings is 1. The molecule has 1 amide bonds. The number of carbonyl (C=O) groups excluding carboxylic acids is 1. The van der Waals surface area contributed by atoms with Gasteiger partial charge in [-0.05, 0) is 18.6 Å². The normalized spacial score (nSPS) is 18.0. The molecule has 7 heteroatoms. The van der Waals surface area contributed by atoms with Crippen LogP contribution < -0.4 is 10.2 Å². The number of carbonyl (C=O) groups is 1. The highest BCUT2D eigenvalue weighted by Gasteiger charge is 2.28. The summed E-state index contributed by atoms with van der Waals surface area (Å²) in [7, 11) is 0. The van der Waals surface area contributed by atoms with Crippen LogP contribution in [0.1, 0.15) is 16.9 Å². The van der Waals surface area contributed by atoms with E-state index >= 15 is 0 Å². The van der Waals surface area contributed by atoms with Crippen LogP contribution in [0.25, 0.3) is 0 Å². The lowest BCUT2D eigenvalue weighted by Gasteiger charge is -2.20. The molecule has 1 saturated heterocycles. The maximum atomic E-state index is 13.7. The van der Waals surface area contributed by atoms with Gasteiger partial charge in [0.2, 0.25) is 0 Å². The fourth-order valence-electron chi connectivity index (χ4n) is 2.46. The smallest absolute Gasteiger partial charge is 0.271 e. The van der Waals surface area contributed by atoms with Gasteiger partial charge < -0.3 is 10.2 Å². The molecule has 1 aromatic heterocycles. The first-order valence-corrected chi connectivity index (χ1v) is 7.47. The van der Waals surface area contributed by atoms with Crippen LogP contribution in [0.4, 0.5) is 14.5 Å². The first kappa shape index (κ1) is 13.9. The summed E-state index contributed by atoms with van der Waals surface area (Å²) < 4.78 is 27.5. The quantitative estimate of drug-likeness (QED) is 0.947. The van der Waals surface area contributed by atoms with Crippen molar-refractivity contribution >= 4 is 22.9 Å². The van der Waals surface area contributed by atoms with Gasteiger partial charge in [0, 0.05) is 24.5 Å². The van der Waals surface area contributed by atoms with Crippen LogP contribution in [0, 0.1) is 11.6 Å². The van der Waals surface area contributed by atoms with Gasteiger partial charge in [-0.2, -0.15) is 0 Å². The molecular weight excluding hydrogens is 296 g/mol. The highest BCUT2D eigenvalue weighted by Crippen LogP contribution is 2.26. The molecule has 21 heavy (non-hydrogen) atoms. The van der Waals surface area contributed by atoms with Gasteiger partial charge in [-0.3, -0.25) is 4.79 Å². The molecule has 0 aliphatic carbocycles. The standard InChI is InChI=1S/C14H13F2N3OS/c15-10-2-1-3-11(16)13(10)19-5-4-9(6-19)18-14(20)12-7-21-8-17-12/h1-3,7-9H,4-6H2,(H,18,20)/t9-/m0/s1. The van der Waals surface area contributed by atoms with Crippen LogP contribution in [0.15, 0.2) is 29.1 Å². The lowest BCUT2D eigenvalue weighted by molar-refractivity contribution is 0.0936. The maximum Gasteiger partial charge on any atom is 0.271 e. The first-order chi connectivity index (χ1) is 10.1. The predicted octanol–water partition coefficient (Wildman–Crippen LogP) is 2.43. The number of hydrogen-bond donors (Lipinski definition) is 1. The van der Waals surface area contributed by atoms with Gasteiger partial charge >= 0.3 is 0 Å². The van der Waals surface area contributed by atoms with E-state index in [0.29, 0.717) is 25.2 Å². The molecule has 4 nitrogen and oxygen atoms in total. The van der Waals surface area contributed by atoms with Crippen molar-refractivity contribution in [2.75, 3.05) is 18.0 Å². The Bertz CT molecular complexity index is 627. The third-order valence-electron chi connectivity index (χ3n) is 3.44. The van der Waals surface area contributed by atoms with E-state index in [-0.39, 0.29) is 17.6 Å². The van der Waals surface area contributed by atoms with Gasteiger partial charge in [0.25, 0.3) is 5.91 Å². The van der Waals surface area contributed by atoms with Gasteiger partial charge in [0.15, 0.2) is 0 Å². The Labute approximate surface area is 124 Å². The minimum Gasteiger partial charge on any atom is -0.365 e. The van der Waals surface area contributed by atoms with E-state index < -0.39 is 11.6 Å². The Morgan fingerprint density at radius 2 is 2.14 bits per heavy atom. The van der Waals surface area contributed by atoms with Crippen LogP contribution in [-0.2, 0) is 0 Å². The monoisotopic (exact) mass is 309 g/mol. The van der Waals surface area contributed by atoms with Crippen LogP contribution in [0.2, 0.25) is 0 Å². The molecule has 2 aromatic rings. The number of para-hydroxylation sites is 1. The van der Waals surface area contributed by atoms with Crippen LogP contribution >= 0.6 is 11.3 Å². The summed E-state index contributed by atoms with van der Waals surface area (Å²) in [5.74, 6) is -1.42. The van der Waals surface area contributed by atoms with E-state index in [1.165, 1.54) is 29.5 Å². The molecule has 0 radical (unpaired) electrons. The summed E-state index contributed by atoms with van der Waals surface area (Å²) in [6.45, 7) is 0.883. The molecule has 110 valence electrons. The second-order valence-corrected chi connectivity index (χ2v) is 5.57. The SMILES string of the molecule is O=C(N[C@H]1CCN(c2c(F)cccc2F)C1)c1cscn1. The molecule has 0 spiro atoms. The van der Waals surface area contributed by atoms with Crippen molar-refractivity contribution in [3.8, 4) is 0 Å². The highest BCUT2D eigenvalue weighted by atomic mass is 32.1. The predicted molar refractivity (Wildman–Crippen MR) is 76.6 cm³/mol. The number of nitrogens with one attached hydrogen (secondary N) is 1. The zero-order chi connectivity index (χ0) is 14.8. The van der Waals surface area contributed by atoms with Crippen LogP contribution in [0.5, 0.6) is 0 Å². The van der Waals surface area contributed by atoms with Crippen LogP contribution in [0.3, 0.4) is 0 Å². The van der Waals surface area contributed by atoms with Gasteiger partial charge in [0.1, 0.15) is 23.0 Å². The average Bonchev–Trinajstić information content (AvgIpc) is 3.10. The van der Waals surface area contributed by atoms with E-state index in [4.69, 9.17) is 0 Å². The number of thiazole rings is 1. The Balaban J connectivity index is 1.67. The number of aromatic nitrogens is 1. The molecule has 0 unspecified atom stereocenters. The van der Waals surface area contributed by atoms with Crippen molar-refractivity contribution in [1.82, 2.24) is 10.3 Å². The van der Waals surface area contributed by atoms with E-state index in [2.05, 4.69) is 10.3 Å². The topological polar surface area (TPSA) is 45.2 Å². The maximum absolute atomic E-state index is 13.7. The van der Waals surface area contributed by atoms with E-state index in [9.17, 15) is 13.6 Å². The number of amides is 1. The molecule has 0 bridgehead atoms. The Morgan fingerprint density at radius 1 is 1.38 bits per heavy atom. The largest absolute Gasteiger partial charge is 0.365 e. The molecule has 0 saturated carbocycles.